The van der Waals surface area contributed by atoms with Gasteiger partial charge < -0.3 is 14.6 Å². The zero-order chi connectivity index (χ0) is 14.8. The van der Waals surface area contributed by atoms with Crippen molar-refractivity contribution in [1.82, 2.24) is 15.5 Å². The Bertz CT molecular complexity index is 634. The molecule has 0 bridgehead atoms. The highest BCUT2D eigenvalue weighted by atomic mass is 35.5. The van der Waals surface area contributed by atoms with Crippen LogP contribution in [0.5, 0.6) is 0 Å². The monoisotopic (exact) mass is 311 g/mol. The summed E-state index contributed by atoms with van der Waals surface area (Å²) < 4.78 is 23.9. The highest BCUT2D eigenvalue weighted by molar-refractivity contribution is 6.33. The maximum Gasteiger partial charge on any atom is 0.234 e. The number of hydrogen-bond donors (Lipinski definition) is 1. The normalized spacial score (nSPS) is 21.9. The summed E-state index contributed by atoms with van der Waals surface area (Å²) >= 11 is 6.01. The molecule has 112 valence electrons. The van der Waals surface area contributed by atoms with Gasteiger partial charge in [0.25, 0.3) is 0 Å². The van der Waals surface area contributed by atoms with Crippen molar-refractivity contribution in [1.29, 1.82) is 0 Å². The van der Waals surface area contributed by atoms with Crippen molar-refractivity contribution in [2.45, 2.75) is 18.9 Å². The van der Waals surface area contributed by atoms with E-state index in [1.807, 2.05) is 6.92 Å². The summed E-state index contributed by atoms with van der Waals surface area (Å²) in [5.41, 5.74) is 0.548. The van der Waals surface area contributed by atoms with Crippen LogP contribution in [0.3, 0.4) is 0 Å². The van der Waals surface area contributed by atoms with Crippen molar-refractivity contribution in [2.24, 2.45) is 0 Å². The van der Waals surface area contributed by atoms with Gasteiger partial charge in [0.2, 0.25) is 11.7 Å². The first kappa shape index (κ1) is 14.4. The van der Waals surface area contributed by atoms with Crippen LogP contribution in [-0.2, 0) is 4.74 Å². The van der Waals surface area contributed by atoms with Crippen LogP contribution in [-0.4, -0.2) is 35.9 Å². The van der Waals surface area contributed by atoms with E-state index in [0.29, 0.717) is 30.5 Å². The first-order chi connectivity index (χ1) is 10.2. The van der Waals surface area contributed by atoms with E-state index in [4.69, 9.17) is 20.9 Å². The first-order valence-electron chi connectivity index (χ1n) is 6.79. The van der Waals surface area contributed by atoms with Gasteiger partial charge >= 0.3 is 0 Å². The van der Waals surface area contributed by atoms with E-state index in [0.717, 1.165) is 6.54 Å². The van der Waals surface area contributed by atoms with E-state index in [2.05, 4.69) is 15.5 Å². The second-order valence-electron chi connectivity index (χ2n) is 4.89. The lowest BCUT2D eigenvalue weighted by atomic mass is 10.0. The van der Waals surface area contributed by atoms with Crippen LogP contribution in [0.15, 0.2) is 22.7 Å². The quantitative estimate of drug-likeness (QED) is 0.940. The molecule has 1 aliphatic rings. The predicted octanol–water partition coefficient (Wildman–Crippen LogP) is 2.62. The molecule has 1 aromatic carbocycles. The smallest absolute Gasteiger partial charge is 0.234 e. The van der Waals surface area contributed by atoms with E-state index in [1.54, 1.807) is 6.07 Å². The molecule has 2 aromatic rings. The summed E-state index contributed by atoms with van der Waals surface area (Å²) in [4.78, 5) is 4.38. The molecule has 0 amide bonds. The Balaban J connectivity index is 1.86. The maximum atomic E-state index is 13.1. The molecule has 21 heavy (non-hydrogen) atoms. The van der Waals surface area contributed by atoms with Crippen molar-refractivity contribution >= 4 is 11.6 Å². The van der Waals surface area contributed by atoms with Crippen LogP contribution in [0.25, 0.3) is 11.4 Å². The molecular formula is C14H15ClFN3O2. The van der Waals surface area contributed by atoms with E-state index in [9.17, 15) is 4.39 Å². The van der Waals surface area contributed by atoms with Crippen molar-refractivity contribution in [3.8, 4) is 11.4 Å². The van der Waals surface area contributed by atoms with Gasteiger partial charge in [0.1, 0.15) is 5.82 Å². The number of nitrogens with one attached hydrogen (secondary N) is 1. The van der Waals surface area contributed by atoms with Gasteiger partial charge in [0, 0.05) is 11.6 Å². The largest absolute Gasteiger partial charge is 0.379 e. The zero-order valence-electron chi connectivity index (χ0n) is 11.5. The van der Waals surface area contributed by atoms with Crippen LogP contribution in [0, 0.1) is 5.82 Å². The Kier molecular flexibility index (Phi) is 4.19. The summed E-state index contributed by atoms with van der Waals surface area (Å²) in [6.07, 6.45) is 0. The van der Waals surface area contributed by atoms with Gasteiger partial charge in [-0.1, -0.05) is 23.7 Å². The van der Waals surface area contributed by atoms with Crippen molar-refractivity contribution < 1.29 is 13.7 Å². The molecule has 2 atom stereocenters. The summed E-state index contributed by atoms with van der Waals surface area (Å²) in [5.74, 6) is 0.486. The van der Waals surface area contributed by atoms with Crippen LogP contribution < -0.4 is 5.32 Å². The molecule has 2 unspecified atom stereocenters. The maximum absolute atomic E-state index is 13.1. The molecule has 1 saturated heterocycles. The van der Waals surface area contributed by atoms with Crippen molar-refractivity contribution in [3.05, 3.63) is 34.9 Å². The molecule has 2 heterocycles. The third kappa shape index (κ3) is 2.92. The third-order valence-corrected chi connectivity index (χ3v) is 3.79. The number of ether oxygens (including phenoxy) is 1. The number of aromatic nitrogens is 2. The molecular weight excluding hydrogens is 297 g/mol. The average molecular weight is 312 g/mol. The Morgan fingerprint density at radius 2 is 2.29 bits per heavy atom. The SMILES string of the molecule is CCNC1COCC1c1nc(-c2ccc(F)cc2Cl)no1. The number of benzene rings is 1. The number of halogens is 2. The first-order valence-corrected chi connectivity index (χ1v) is 7.17. The fourth-order valence-electron chi connectivity index (χ4n) is 2.43. The van der Waals surface area contributed by atoms with Gasteiger partial charge in [0.05, 0.1) is 24.2 Å². The minimum absolute atomic E-state index is 0.0189. The minimum Gasteiger partial charge on any atom is -0.379 e. The number of hydrogen-bond acceptors (Lipinski definition) is 5. The number of rotatable bonds is 4. The summed E-state index contributed by atoms with van der Waals surface area (Å²) in [7, 11) is 0. The molecule has 0 saturated carbocycles. The van der Waals surface area contributed by atoms with E-state index in [1.165, 1.54) is 12.1 Å². The highest BCUT2D eigenvalue weighted by Gasteiger charge is 2.33. The summed E-state index contributed by atoms with van der Waals surface area (Å²) in [6, 6.07) is 4.25. The Morgan fingerprint density at radius 1 is 1.43 bits per heavy atom. The Labute approximate surface area is 126 Å². The lowest BCUT2D eigenvalue weighted by Gasteiger charge is -2.13. The molecule has 0 radical (unpaired) electrons. The van der Waals surface area contributed by atoms with E-state index < -0.39 is 5.82 Å². The zero-order valence-corrected chi connectivity index (χ0v) is 12.2. The van der Waals surface area contributed by atoms with Crippen LogP contribution >= 0.6 is 11.6 Å². The van der Waals surface area contributed by atoms with Crippen LogP contribution in [0.1, 0.15) is 18.7 Å². The second kappa shape index (κ2) is 6.09. The van der Waals surface area contributed by atoms with Gasteiger partial charge in [-0.15, -0.1) is 0 Å². The van der Waals surface area contributed by atoms with E-state index >= 15 is 0 Å². The molecule has 1 fully saturated rings. The molecule has 1 aliphatic heterocycles. The van der Waals surface area contributed by atoms with Gasteiger partial charge in [-0.2, -0.15) is 4.98 Å². The molecule has 0 spiro atoms. The topological polar surface area (TPSA) is 60.2 Å². The summed E-state index contributed by atoms with van der Waals surface area (Å²) in [5, 5.41) is 7.53. The molecule has 0 aliphatic carbocycles. The van der Waals surface area contributed by atoms with Crippen LogP contribution in [0.4, 0.5) is 4.39 Å². The van der Waals surface area contributed by atoms with Gasteiger partial charge in [0.15, 0.2) is 0 Å². The lowest BCUT2D eigenvalue weighted by molar-refractivity contribution is 0.185. The number of likely N-dealkylation sites (N-methyl/N-ethyl adjacent to an activating group) is 1. The molecule has 5 nitrogen and oxygen atoms in total. The molecule has 1 aromatic heterocycles. The van der Waals surface area contributed by atoms with E-state index in [-0.39, 0.29) is 17.0 Å². The Hall–Kier alpha value is -1.50. The fraction of sp³-hybridized carbons (Fsp3) is 0.429. The highest BCUT2D eigenvalue weighted by Crippen LogP contribution is 2.30. The molecule has 1 N–H and O–H groups in total. The van der Waals surface area contributed by atoms with Gasteiger partial charge in [-0.05, 0) is 24.7 Å². The predicted molar refractivity (Wildman–Crippen MR) is 75.7 cm³/mol. The number of nitrogens with zero attached hydrogens (tertiary/aromatic N) is 2. The standard InChI is InChI=1S/C14H15ClFN3O2/c1-2-17-12-7-20-6-10(12)14-18-13(19-21-14)9-4-3-8(16)5-11(9)15/h3-5,10,12,17H,2,6-7H2,1H3. The molecule has 7 heteroatoms. The average Bonchev–Trinajstić information content (AvgIpc) is 3.07. The summed E-state index contributed by atoms with van der Waals surface area (Å²) in [6.45, 7) is 4.03. The van der Waals surface area contributed by atoms with Gasteiger partial charge in [-0.25, -0.2) is 4.39 Å². The van der Waals surface area contributed by atoms with Crippen molar-refractivity contribution in [2.75, 3.05) is 19.8 Å². The second-order valence-corrected chi connectivity index (χ2v) is 5.30. The van der Waals surface area contributed by atoms with Gasteiger partial charge in [-0.3, -0.25) is 0 Å². The lowest BCUT2D eigenvalue weighted by Crippen LogP contribution is -2.34. The molecule has 3 rings (SSSR count). The Morgan fingerprint density at radius 3 is 3.05 bits per heavy atom. The fourth-order valence-corrected chi connectivity index (χ4v) is 2.68. The van der Waals surface area contributed by atoms with Crippen molar-refractivity contribution in [3.63, 3.8) is 0 Å². The minimum atomic E-state index is -0.399. The third-order valence-electron chi connectivity index (χ3n) is 3.48. The van der Waals surface area contributed by atoms with Crippen LogP contribution in [0.2, 0.25) is 5.02 Å².